The van der Waals surface area contributed by atoms with E-state index in [4.69, 9.17) is 59.2 Å². The predicted molar refractivity (Wildman–Crippen MR) is 167 cm³/mol. The molecular formula is C28H39Cl2N5O7S. The van der Waals surface area contributed by atoms with Crippen LogP contribution < -0.4 is 16.3 Å². The fraction of sp³-hybridized carbons (Fsp3) is 0.429. The first kappa shape index (κ1) is 36.6. The highest BCUT2D eigenvalue weighted by Crippen LogP contribution is 2.37. The molecule has 0 bridgehead atoms. The zero-order chi connectivity index (χ0) is 31.8. The zero-order valence-electron chi connectivity index (χ0n) is 24.0. The van der Waals surface area contributed by atoms with E-state index in [1.165, 1.54) is 23.0 Å². The normalized spacial score (nSPS) is 17.7. The van der Waals surface area contributed by atoms with Gasteiger partial charge >= 0.3 is 11.9 Å². The minimum Gasteiger partial charge on any atom is -0.477 e. The number of carboxylic acids is 2. The van der Waals surface area contributed by atoms with Crippen LogP contribution in [0.4, 0.5) is 0 Å². The van der Waals surface area contributed by atoms with Crippen LogP contribution in [-0.4, -0.2) is 105 Å². The van der Waals surface area contributed by atoms with Gasteiger partial charge in [0.15, 0.2) is 11.4 Å². The van der Waals surface area contributed by atoms with Gasteiger partial charge in [-0.25, -0.2) is 15.4 Å². The number of hydrogen-bond acceptors (Lipinski definition) is 11. The summed E-state index contributed by atoms with van der Waals surface area (Å²) in [6.07, 6.45) is 1.68. The molecule has 0 saturated carbocycles. The van der Waals surface area contributed by atoms with Crippen molar-refractivity contribution in [1.82, 2.24) is 14.6 Å². The summed E-state index contributed by atoms with van der Waals surface area (Å²) in [7, 11) is 2.06. The molecule has 15 heteroatoms. The van der Waals surface area contributed by atoms with Crippen LogP contribution in [0.5, 0.6) is 0 Å². The highest BCUT2D eigenvalue weighted by Gasteiger charge is 2.27. The molecule has 1 fully saturated rings. The van der Waals surface area contributed by atoms with Gasteiger partial charge < -0.3 is 40.1 Å². The number of ether oxygens (including phenoxy) is 3. The van der Waals surface area contributed by atoms with E-state index in [2.05, 4.69) is 35.4 Å². The summed E-state index contributed by atoms with van der Waals surface area (Å²) in [5.74, 6) is 2.60. The first-order valence-electron chi connectivity index (χ1n) is 13.3. The molecule has 2 rings (SSSR count). The van der Waals surface area contributed by atoms with Crippen molar-refractivity contribution in [3.05, 3.63) is 75.6 Å². The van der Waals surface area contributed by atoms with Crippen LogP contribution in [0.2, 0.25) is 0 Å². The molecule has 0 amide bonds. The molecule has 1 heterocycles. The molecule has 1 aliphatic rings. The molecule has 43 heavy (non-hydrogen) atoms. The Bertz CT molecular complexity index is 1200. The smallest absolute Gasteiger partial charge is 0.356 e. The van der Waals surface area contributed by atoms with Crippen LogP contribution in [0.1, 0.15) is 11.5 Å². The van der Waals surface area contributed by atoms with Crippen LogP contribution in [-0.2, 0) is 23.8 Å². The lowest BCUT2D eigenvalue weighted by Crippen LogP contribution is -2.39. The Balaban J connectivity index is 1.60. The van der Waals surface area contributed by atoms with Gasteiger partial charge in [0.25, 0.3) is 0 Å². The number of nitrogens with two attached hydrogens (primary N) is 2. The monoisotopic (exact) mass is 659 g/mol. The minimum absolute atomic E-state index is 0.0529. The lowest BCUT2D eigenvalue weighted by Gasteiger charge is -2.34. The average Bonchev–Trinajstić information content (AvgIpc) is 2.96. The number of likely N-dealkylation sites (N-methyl/N-ethyl adjacent to an activating group) is 1. The Kier molecular flexibility index (Phi) is 16.7. The second kappa shape index (κ2) is 19.6. The van der Waals surface area contributed by atoms with E-state index in [0.717, 1.165) is 34.1 Å². The lowest BCUT2D eigenvalue weighted by atomic mass is 9.83. The van der Waals surface area contributed by atoms with Crippen molar-refractivity contribution in [2.45, 2.75) is 10.8 Å². The Morgan fingerprint density at radius 2 is 1.81 bits per heavy atom. The van der Waals surface area contributed by atoms with E-state index >= 15 is 0 Å². The summed E-state index contributed by atoms with van der Waals surface area (Å²) >= 11 is 13.7. The quantitative estimate of drug-likeness (QED) is 0.0483. The van der Waals surface area contributed by atoms with Gasteiger partial charge in [-0.15, -0.1) is 0 Å². The van der Waals surface area contributed by atoms with E-state index in [1.807, 2.05) is 12.1 Å². The number of allylic oxidation sites excluding steroid dienone is 2. The maximum atomic E-state index is 11.2. The van der Waals surface area contributed by atoms with Crippen LogP contribution >= 0.6 is 35.1 Å². The first-order chi connectivity index (χ1) is 20.6. The first-order valence-corrected chi connectivity index (χ1v) is 14.9. The predicted octanol–water partition coefficient (Wildman–Crippen LogP) is 2.68. The van der Waals surface area contributed by atoms with Gasteiger partial charge in [-0.1, -0.05) is 41.9 Å². The molecule has 0 spiro atoms. The van der Waals surface area contributed by atoms with Gasteiger partial charge in [0.2, 0.25) is 0 Å². The van der Waals surface area contributed by atoms with Crippen molar-refractivity contribution in [1.29, 1.82) is 0 Å². The Hall–Kier alpha value is -2.59. The van der Waals surface area contributed by atoms with E-state index in [-0.39, 0.29) is 25.7 Å². The summed E-state index contributed by atoms with van der Waals surface area (Å²) < 4.78 is 19.7. The van der Waals surface area contributed by atoms with E-state index in [9.17, 15) is 9.59 Å². The van der Waals surface area contributed by atoms with Gasteiger partial charge in [-0.3, -0.25) is 4.72 Å². The van der Waals surface area contributed by atoms with E-state index < -0.39 is 23.3 Å². The molecule has 1 unspecified atom stereocenters. The third kappa shape index (κ3) is 12.5. The molecule has 1 aliphatic heterocycles. The highest BCUT2D eigenvalue weighted by atomic mass is 35.5. The number of hydrazine groups is 1. The van der Waals surface area contributed by atoms with Gasteiger partial charge in [-0.2, -0.15) is 0 Å². The van der Waals surface area contributed by atoms with Crippen molar-refractivity contribution in [3.63, 3.8) is 0 Å². The molecule has 1 saturated heterocycles. The van der Waals surface area contributed by atoms with Crippen LogP contribution in [0.3, 0.4) is 0 Å². The maximum absolute atomic E-state index is 11.2. The van der Waals surface area contributed by atoms with Crippen LogP contribution in [0.25, 0.3) is 0 Å². The third-order valence-corrected chi connectivity index (χ3v) is 7.54. The maximum Gasteiger partial charge on any atom is 0.356 e. The molecule has 1 aromatic rings. The summed E-state index contributed by atoms with van der Waals surface area (Å²) in [6, 6.07) is 8.35. The largest absolute Gasteiger partial charge is 0.477 e. The molecule has 7 N–H and O–H groups in total. The Morgan fingerprint density at radius 3 is 2.44 bits per heavy atom. The molecular weight excluding hydrogens is 621 g/mol. The number of benzene rings is 1. The number of aliphatic carboxylic acids is 2. The number of hydrogen-bond donors (Lipinski definition) is 5. The molecule has 1 atom stereocenters. The fourth-order valence-electron chi connectivity index (χ4n) is 4.11. The van der Waals surface area contributed by atoms with Gasteiger partial charge in [-0.05, 0) is 53.9 Å². The SMILES string of the molecule is C=C1/C(=C(Cl)\C=C\Cl)CN(C)CC1c1cccc(SNCCOCCOCCOCCN(N)/C(C(=O)O)=C(\N)C(=O)O)c1. The Labute approximate surface area is 266 Å². The molecule has 238 valence electrons. The topological polar surface area (TPSA) is 173 Å². The lowest BCUT2D eigenvalue weighted by molar-refractivity contribution is -0.137. The standard InChI is InChI=1S/C28H39Cl2N5O7S/c1-19-22(17-34(2)18-23(19)24(30)6-7-29)20-4-3-5-21(16-20)43-33-8-10-40-12-14-42-15-13-41-11-9-35(32)26(28(38)39)25(31)27(36)37/h3-7,16,22,33H,1,8-15,17-18,31-32H2,2H3,(H,36,37)(H,38,39)/b7-6+,24-23+,26-25-. The number of carboxylic acid groups (broad SMARTS) is 2. The van der Waals surface area contributed by atoms with E-state index in [0.29, 0.717) is 38.0 Å². The number of carbonyl (C=O) groups is 2. The van der Waals surface area contributed by atoms with Crippen molar-refractivity contribution >= 4 is 47.1 Å². The number of nitrogens with one attached hydrogen (secondary N) is 1. The van der Waals surface area contributed by atoms with Crippen molar-refractivity contribution in [3.8, 4) is 0 Å². The molecule has 0 aromatic heterocycles. The second-order valence-corrected chi connectivity index (χ2v) is 11.0. The number of piperidine rings is 1. The van der Waals surface area contributed by atoms with Gasteiger partial charge in [0.05, 0.1) is 46.2 Å². The number of nitrogens with zero attached hydrogens (tertiary/aromatic N) is 2. The van der Waals surface area contributed by atoms with Crippen molar-refractivity contribution < 1.29 is 34.0 Å². The summed E-state index contributed by atoms with van der Waals surface area (Å²) in [4.78, 5) is 25.4. The number of likely N-dealkylation sites (tertiary alicyclic amines) is 1. The van der Waals surface area contributed by atoms with Crippen LogP contribution in [0.15, 0.2) is 74.9 Å². The molecule has 1 aromatic carbocycles. The van der Waals surface area contributed by atoms with Crippen molar-refractivity contribution in [2.75, 3.05) is 72.9 Å². The van der Waals surface area contributed by atoms with E-state index in [1.54, 1.807) is 6.08 Å². The minimum atomic E-state index is -1.57. The fourth-order valence-corrected chi connectivity index (χ4v) is 5.24. The van der Waals surface area contributed by atoms with Crippen molar-refractivity contribution in [2.24, 2.45) is 11.6 Å². The summed E-state index contributed by atoms with van der Waals surface area (Å²) in [6.45, 7) is 8.36. The summed E-state index contributed by atoms with van der Waals surface area (Å²) in [5, 5.41) is 19.3. The third-order valence-electron chi connectivity index (χ3n) is 6.22. The second-order valence-electron chi connectivity index (χ2n) is 9.37. The van der Waals surface area contributed by atoms with Crippen LogP contribution in [0, 0.1) is 0 Å². The average molecular weight is 661 g/mol. The number of halogens is 2. The number of rotatable bonds is 19. The van der Waals surface area contributed by atoms with Gasteiger partial charge in [0, 0.05) is 41.0 Å². The summed E-state index contributed by atoms with van der Waals surface area (Å²) in [5.41, 5.74) is 8.28. The molecule has 0 radical (unpaired) electrons. The zero-order valence-corrected chi connectivity index (χ0v) is 26.3. The van der Waals surface area contributed by atoms with Gasteiger partial charge in [0.1, 0.15) is 0 Å². The molecule has 0 aliphatic carbocycles. The highest BCUT2D eigenvalue weighted by molar-refractivity contribution is 7.97. The molecule has 12 nitrogen and oxygen atoms in total. The Morgan fingerprint density at radius 1 is 1.16 bits per heavy atom.